The van der Waals surface area contributed by atoms with Crippen LogP contribution in [0.25, 0.3) is 11.8 Å². The van der Waals surface area contributed by atoms with Crippen LogP contribution in [-0.2, 0) is 4.79 Å². The predicted octanol–water partition coefficient (Wildman–Crippen LogP) is 3.87. The van der Waals surface area contributed by atoms with Crippen molar-refractivity contribution in [1.82, 2.24) is 0 Å². The lowest BCUT2D eigenvalue weighted by Crippen LogP contribution is -2.32. The van der Waals surface area contributed by atoms with Crippen LogP contribution >= 0.6 is 0 Å². The lowest BCUT2D eigenvalue weighted by atomic mass is 9.86. The number of allylic oxidation sites excluding steroid dienone is 2. The van der Waals surface area contributed by atoms with Gasteiger partial charge in [-0.3, -0.25) is 9.59 Å². The Hall–Kier alpha value is -2.62. The Morgan fingerprint density at radius 2 is 2.04 bits per heavy atom. The molecular formula is C19H18O4. The van der Waals surface area contributed by atoms with E-state index in [1.54, 1.807) is 18.2 Å². The summed E-state index contributed by atoms with van der Waals surface area (Å²) in [5, 5.41) is 9.91. The lowest BCUT2D eigenvalue weighted by molar-refractivity contribution is -0.111. The van der Waals surface area contributed by atoms with Gasteiger partial charge in [0.15, 0.2) is 0 Å². The average Bonchev–Trinajstić information content (AvgIpc) is 2.50. The van der Waals surface area contributed by atoms with Crippen LogP contribution in [-0.4, -0.2) is 22.3 Å². The van der Waals surface area contributed by atoms with Crippen molar-refractivity contribution in [2.75, 3.05) is 0 Å². The van der Waals surface area contributed by atoms with E-state index < -0.39 is 17.2 Å². The van der Waals surface area contributed by atoms with Crippen LogP contribution < -0.4 is 4.74 Å². The van der Waals surface area contributed by atoms with Gasteiger partial charge in [0.05, 0.1) is 0 Å². The molecule has 0 amide bonds. The molecule has 1 aliphatic carbocycles. The minimum atomic E-state index is -0.713. The smallest absolute Gasteiger partial charge is 0.234 e. The first-order valence-corrected chi connectivity index (χ1v) is 7.49. The number of aliphatic hydroxyl groups excluding tert-OH is 1. The molecule has 0 aromatic heterocycles. The quantitative estimate of drug-likeness (QED) is 0.665. The zero-order chi connectivity index (χ0) is 16.8. The third-order valence-electron chi connectivity index (χ3n) is 4.06. The SMILES string of the molecule is CC(C)=CC[C@]1(C)C=Cc2c(ccc3c2C(=O)C(=O)C=C3O)O1. The fraction of sp³-hybridized carbons (Fsp3) is 0.263. The molecule has 1 heterocycles. The van der Waals surface area contributed by atoms with Crippen LogP contribution in [0.2, 0.25) is 0 Å². The Labute approximate surface area is 134 Å². The Kier molecular flexibility index (Phi) is 3.48. The number of aliphatic hydroxyl groups is 1. The number of hydrogen-bond donors (Lipinski definition) is 1. The molecule has 1 aromatic carbocycles. The highest BCUT2D eigenvalue weighted by molar-refractivity contribution is 6.51. The summed E-state index contributed by atoms with van der Waals surface area (Å²) in [7, 11) is 0. The largest absolute Gasteiger partial charge is 0.507 e. The molecule has 0 saturated carbocycles. The molecule has 0 unspecified atom stereocenters. The van der Waals surface area contributed by atoms with Crippen molar-refractivity contribution in [3.63, 3.8) is 0 Å². The maximum Gasteiger partial charge on any atom is 0.234 e. The molecule has 0 fully saturated rings. The Balaban J connectivity index is 2.07. The fourth-order valence-corrected chi connectivity index (χ4v) is 2.76. The number of hydrogen-bond acceptors (Lipinski definition) is 4. The summed E-state index contributed by atoms with van der Waals surface area (Å²) >= 11 is 0. The second-order valence-corrected chi connectivity index (χ2v) is 6.36. The third-order valence-corrected chi connectivity index (χ3v) is 4.06. The maximum absolute atomic E-state index is 12.2. The van der Waals surface area contributed by atoms with Crippen LogP contribution in [0.5, 0.6) is 5.75 Å². The molecule has 0 saturated heterocycles. The molecule has 1 N–H and O–H groups in total. The number of carbonyl (C=O) groups is 2. The molecule has 1 aliphatic heterocycles. The first-order chi connectivity index (χ1) is 10.8. The van der Waals surface area contributed by atoms with Crippen molar-refractivity contribution in [1.29, 1.82) is 0 Å². The summed E-state index contributed by atoms with van der Waals surface area (Å²) in [6.45, 7) is 6.02. The lowest BCUT2D eigenvalue weighted by Gasteiger charge is -2.32. The van der Waals surface area contributed by atoms with E-state index in [0.29, 0.717) is 23.3 Å². The minimum Gasteiger partial charge on any atom is -0.507 e. The van der Waals surface area contributed by atoms with Gasteiger partial charge in [-0.1, -0.05) is 17.7 Å². The summed E-state index contributed by atoms with van der Waals surface area (Å²) < 4.78 is 6.06. The highest BCUT2D eigenvalue weighted by atomic mass is 16.5. The molecule has 0 spiro atoms. The van der Waals surface area contributed by atoms with Gasteiger partial charge in [0, 0.05) is 29.2 Å². The number of Topliss-reactive ketones (excluding diaryl/α,β-unsaturated/α-hetero) is 1. The normalized spacial score (nSPS) is 22.0. The Morgan fingerprint density at radius 1 is 1.30 bits per heavy atom. The summed E-state index contributed by atoms with van der Waals surface area (Å²) in [6, 6.07) is 3.34. The van der Waals surface area contributed by atoms with E-state index in [1.165, 1.54) is 5.57 Å². The minimum absolute atomic E-state index is 0.182. The molecule has 0 bridgehead atoms. The maximum atomic E-state index is 12.2. The highest BCUT2D eigenvalue weighted by Crippen LogP contribution is 2.39. The van der Waals surface area contributed by atoms with Crippen LogP contribution in [0.4, 0.5) is 0 Å². The molecule has 1 aromatic rings. The van der Waals surface area contributed by atoms with Gasteiger partial charge in [0.1, 0.15) is 17.1 Å². The van der Waals surface area contributed by atoms with Crippen molar-refractivity contribution < 1.29 is 19.4 Å². The number of ketones is 2. The third kappa shape index (κ3) is 2.61. The molecule has 1 atom stereocenters. The summed E-state index contributed by atoms with van der Waals surface area (Å²) in [5.41, 5.74) is 1.84. The van der Waals surface area contributed by atoms with Crippen molar-refractivity contribution in [3.8, 4) is 5.75 Å². The van der Waals surface area contributed by atoms with E-state index in [9.17, 15) is 14.7 Å². The average molecular weight is 310 g/mol. The summed E-state index contributed by atoms with van der Waals surface area (Å²) in [5.74, 6) is -0.962. The van der Waals surface area contributed by atoms with Crippen LogP contribution in [0, 0.1) is 0 Å². The number of ether oxygens (including phenoxy) is 1. The van der Waals surface area contributed by atoms with Gasteiger partial charge in [-0.15, -0.1) is 0 Å². The molecule has 118 valence electrons. The summed E-state index contributed by atoms with van der Waals surface area (Å²) in [4.78, 5) is 23.9. The Bertz CT molecular complexity index is 807. The predicted molar refractivity (Wildman–Crippen MR) is 88.5 cm³/mol. The van der Waals surface area contributed by atoms with Crippen molar-refractivity contribution >= 4 is 23.4 Å². The van der Waals surface area contributed by atoms with E-state index in [1.807, 2.05) is 26.8 Å². The van der Waals surface area contributed by atoms with E-state index in [-0.39, 0.29) is 11.3 Å². The van der Waals surface area contributed by atoms with Gasteiger partial charge >= 0.3 is 0 Å². The Morgan fingerprint density at radius 3 is 2.74 bits per heavy atom. The van der Waals surface area contributed by atoms with Gasteiger partial charge in [-0.05, 0) is 39.0 Å². The van der Waals surface area contributed by atoms with Crippen LogP contribution in [0.1, 0.15) is 48.7 Å². The highest BCUT2D eigenvalue weighted by Gasteiger charge is 2.33. The second-order valence-electron chi connectivity index (χ2n) is 6.36. The number of rotatable bonds is 2. The zero-order valence-electron chi connectivity index (χ0n) is 13.3. The van der Waals surface area contributed by atoms with E-state index in [0.717, 1.165) is 6.08 Å². The summed E-state index contributed by atoms with van der Waals surface area (Å²) in [6.07, 6.45) is 7.46. The topological polar surface area (TPSA) is 63.6 Å². The number of carbonyl (C=O) groups excluding carboxylic acids is 2. The van der Waals surface area contributed by atoms with Crippen LogP contribution in [0.3, 0.4) is 0 Å². The van der Waals surface area contributed by atoms with Gasteiger partial charge in [0.25, 0.3) is 0 Å². The van der Waals surface area contributed by atoms with Crippen LogP contribution in [0.15, 0.2) is 35.9 Å². The van der Waals surface area contributed by atoms with Gasteiger partial charge in [-0.2, -0.15) is 0 Å². The molecule has 3 rings (SSSR count). The van der Waals surface area contributed by atoms with E-state index in [4.69, 9.17) is 4.74 Å². The molecule has 0 radical (unpaired) electrons. The molecular weight excluding hydrogens is 292 g/mol. The van der Waals surface area contributed by atoms with Gasteiger partial charge < -0.3 is 9.84 Å². The standard InChI is InChI=1S/C19H18O4/c1-11(2)6-8-19(3)9-7-13-16(23-19)5-4-12-14(20)10-15(21)18(22)17(12)13/h4-7,9-10,20H,8H2,1-3H3/t19-/m1/s1. The fourth-order valence-electron chi connectivity index (χ4n) is 2.76. The second kappa shape index (κ2) is 5.23. The monoisotopic (exact) mass is 310 g/mol. The van der Waals surface area contributed by atoms with Crippen molar-refractivity contribution in [2.45, 2.75) is 32.8 Å². The van der Waals surface area contributed by atoms with E-state index in [2.05, 4.69) is 6.08 Å². The van der Waals surface area contributed by atoms with E-state index >= 15 is 0 Å². The zero-order valence-corrected chi connectivity index (χ0v) is 13.3. The number of fused-ring (bicyclic) bond motifs is 3. The van der Waals surface area contributed by atoms with Gasteiger partial charge in [0.2, 0.25) is 11.6 Å². The first kappa shape index (κ1) is 15.3. The molecule has 4 nitrogen and oxygen atoms in total. The first-order valence-electron chi connectivity index (χ1n) is 7.49. The molecule has 2 aliphatic rings. The van der Waals surface area contributed by atoms with Crippen molar-refractivity contribution in [3.05, 3.63) is 52.6 Å². The molecule has 4 heteroatoms. The number of benzene rings is 1. The van der Waals surface area contributed by atoms with Gasteiger partial charge in [-0.25, -0.2) is 0 Å². The molecule has 23 heavy (non-hydrogen) atoms. The van der Waals surface area contributed by atoms with Crippen molar-refractivity contribution in [2.24, 2.45) is 0 Å².